The summed E-state index contributed by atoms with van der Waals surface area (Å²) in [5.74, 6) is 0.504. The molecule has 0 spiro atoms. The van der Waals surface area contributed by atoms with Crippen LogP contribution in [0.4, 0.5) is 5.69 Å². The molecule has 2 amide bonds. The molecule has 8 nitrogen and oxygen atoms in total. The van der Waals surface area contributed by atoms with Crippen LogP contribution in [0, 0.1) is 12.8 Å². The molecule has 2 aromatic carbocycles. The summed E-state index contributed by atoms with van der Waals surface area (Å²) in [6, 6.07) is 11.8. The number of ether oxygens (including phenoxy) is 1. The molecule has 0 saturated carbocycles. The summed E-state index contributed by atoms with van der Waals surface area (Å²) in [6.07, 6.45) is 1.92. The maximum atomic E-state index is 13.6. The van der Waals surface area contributed by atoms with Gasteiger partial charge in [0, 0.05) is 31.1 Å². The normalized spacial score (nSPS) is 12.2. The highest BCUT2D eigenvalue weighted by molar-refractivity contribution is 7.92. The molecule has 0 bridgehead atoms. The Labute approximate surface area is 232 Å². The van der Waals surface area contributed by atoms with E-state index >= 15 is 0 Å². The fraction of sp³-hybridized carbons (Fsp3) is 0.500. The first-order valence-electron chi connectivity index (χ1n) is 12.8. The molecule has 0 unspecified atom stereocenters. The first-order valence-corrected chi connectivity index (χ1v) is 15.0. The van der Waals surface area contributed by atoms with Crippen molar-refractivity contribution in [2.45, 2.75) is 59.5 Å². The molecule has 0 fully saturated rings. The summed E-state index contributed by atoms with van der Waals surface area (Å²) in [6.45, 7) is 8.55. The maximum Gasteiger partial charge on any atom is 0.242 e. The van der Waals surface area contributed by atoms with Gasteiger partial charge < -0.3 is 15.0 Å². The van der Waals surface area contributed by atoms with Crippen LogP contribution in [0.2, 0.25) is 5.02 Å². The standard InChI is InChI=1S/C28H40ClN3O5S/c1-7-25(28(34)30-18-20(2)3)31(19-22-10-8-11-24(16-22)37-5)27(33)12-9-15-32(38(6,35)36)26-17-23(29)14-13-21(26)4/h8,10-11,13-14,16-17,20,25H,7,9,12,15,18-19H2,1-6H3,(H,30,34)/t25-/m0/s1. The van der Waals surface area contributed by atoms with Gasteiger partial charge in [-0.3, -0.25) is 13.9 Å². The predicted molar refractivity (Wildman–Crippen MR) is 153 cm³/mol. The van der Waals surface area contributed by atoms with E-state index in [-0.39, 0.29) is 43.7 Å². The van der Waals surface area contributed by atoms with E-state index in [0.29, 0.717) is 29.4 Å². The molecule has 1 atom stereocenters. The molecule has 0 radical (unpaired) electrons. The molecule has 210 valence electrons. The zero-order valence-electron chi connectivity index (χ0n) is 23.2. The van der Waals surface area contributed by atoms with Crippen LogP contribution in [-0.4, -0.2) is 57.6 Å². The summed E-state index contributed by atoms with van der Waals surface area (Å²) < 4.78 is 31.8. The quantitative estimate of drug-likeness (QED) is 0.355. The SMILES string of the molecule is CC[C@@H](C(=O)NCC(C)C)N(Cc1cccc(OC)c1)C(=O)CCCN(c1cc(Cl)ccc1C)S(C)(=O)=O. The number of rotatable bonds is 14. The number of anilines is 1. The summed E-state index contributed by atoms with van der Waals surface area (Å²) in [5, 5.41) is 3.38. The van der Waals surface area contributed by atoms with Crippen LogP contribution < -0.4 is 14.4 Å². The zero-order chi connectivity index (χ0) is 28.5. The van der Waals surface area contributed by atoms with Gasteiger partial charge in [-0.1, -0.05) is 50.6 Å². The fourth-order valence-electron chi connectivity index (χ4n) is 4.14. The predicted octanol–water partition coefficient (Wildman–Crippen LogP) is 4.78. The monoisotopic (exact) mass is 565 g/mol. The van der Waals surface area contributed by atoms with Crippen molar-refractivity contribution in [3.05, 3.63) is 58.6 Å². The largest absolute Gasteiger partial charge is 0.497 e. The van der Waals surface area contributed by atoms with Crippen LogP contribution in [0.1, 0.15) is 51.2 Å². The Morgan fingerprint density at radius 2 is 1.84 bits per heavy atom. The molecule has 0 aromatic heterocycles. The molecule has 2 rings (SSSR count). The first-order chi connectivity index (χ1) is 17.9. The van der Waals surface area contributed by atoms with Gasteiger partial charge in [0.25, 0.3) is 0 Å². The molecule has 1 N–H and O–H groups in total. The van der Waals surface area contributed by atoms with E-state index in [0.717, 1.165) is 17.4 Å². The van der Waals surface area contributed by atoms with Crippen molar-refractivity contribution in [2.24, 2.45) is 5.92 Å². The minimum atomic E-state index is -3.61. The average molecular weight is 566 g/mol. The van der Waals surface area contributed by atoms with Crippen molar-refractivity contribution < 1.29 is 22.7 Å². The summed E-state index contributed by atoms with van der Waals surface area (Å²) >= 11 is 6.13. The van der Waals surface area contributed by atoms with Gasteiger partial charge >= 0.3 is 0 Å². The second kappa shape index (κ2) is 14.4. The summed E-state index contributed by atoms with van der Waals surface area (Å²) in [5.41, 5.74) is 2.08. The molecule has 0 aliphatic rings. The van der Waals surface area contributed by atoms with Gasteiger partial charge in [0.1, 0.15) is 11.8 Å². The lowest BCUT2D eigenvalue weighted by Gasteiger charge is -2.31. The number of benzene rings is 2. The third-order valence-electron chi connectivity index (χ3n) is 6.15. The highest BCUT2D eigenvalue weighted by Gasteiger charge is 2.29. The Morgan fingerprint density at radius 3 is 2.45 bits per heavy atom. The lowest BCUT2D eigenvalue weighted by atomic mass is 10.1. The molecule has 0 aliphatic heterocycles. The van der Waals surface area contributed by atoms with Gasteiger partial charge in [-0.15, -0.1) is 0 Å². The minimum Gasteiger partial charge on any atom is -0.497 e. The van der Waals surface area contributed by atoms with Crippen molar-refractivity contribution >= 4 is 39.1 Å². The second-order valence-corrected chi connectivity index (χ2v) is 12.1. The van der Waals surface area contributed by atoms with Crippen LogP contribution >= 0.6 is 11.6 Å². The number of aryl methyl sites for hydroxylation is 1. The Bertz CT molecular complexity index is 1200. The summed E-state index contributed by atoms with van der Waals surface area (Å²) in [7, 11) is -2.04. The minimum absolute atomic E-state index is 0.0730. The number of carbonyl (C=O) groups excluding carboxylic acids is 2. The van der Waals surface area contributed by atoms with Crippen LogP contribution in [0.15, 0.2) is 42.5 Å². The number of nitrogens with zero attached hydrogens (tertiary/aromatic N) is 2. The Balaban J connectivity index is 2.26. The van der Waals surface area contributed by atoms with Crippen molar-refractivity contribution in [1.29, 1.82) is 0 Å². The van der Waals surface area contributed by atoms with E-state index < -0.39 is 16.1 Å². The molecule has 2 aromatic rings. The number of carbonyl (C=O) groups is 2. The molecule has 38 heavy (non-hydrogen) atoms. The number of hydrogen-bond acceptors (Lipinski definition) is 5. The van der Waals surface area contributed by atoms with E-state index in [9.17, 15) is 18.0 Å². The Hall–Kier alpha value is -2.78. The highest BCUT2D eigenvalue weighted by atomic mass is 35.5. The lowest BCUT2D eigenvalue weighted by Crippen LogP contribution is -2.49. The van der Waals surface area contributed by atoms with Crippen molar-refractivity contribution in [2.75, 3.05) is 30.8 Å². The van der Waals surface area contributed by atoms with Crippen molar-refractivity contribution in [1.82, 2.24) is 10.2 Å². The number of nitrogens with one attached hydrogen (secondary N) is 1. The average Bonchev–Trinajstić information content (AvgIpc) is 2.86. The van der Waals surface area contributed by atoms with Gasteiger partial charge in [0.2, 0.25) is 21.8 Å². The molecule has 0 aliphatic carbocycles. The summed E-state index contributed by atoms with van der Waals surface area (Å²) in [4.78, 5) is 28.2. The van der Waals surface area contributed by atoms with Gasteiger partial charge in [-0.05, 0) is 61.1 Å². The topological polar surface area (TPSA) is 96.0 Å². The van der Waals surface area contributed by atoms with Crippen molar-refractivity contribution in [3.8, 4) is 5.75 Å². The molecule has 0 heterocycles. The van der Waals surface area contributed by atoms with Gasteiger partial charge in [0.15, 0.2) is 0 Å². The molecule has 10 heteroatoms. The fourth-order valence-corrected chi connectivity index (χ4v) is 5.32. The van der Waals surface area contributed by atoms with Gasteiger partial charge in [-0.25, -0.2) is 8.42 Å². The second-order valence-electron chi connectivity index (χ2n) is 9.81. The van der Waals surface area contributed by atoms with Gasteiger partial charge in [0.05, 0.1) is 19.1 Å². The Kier molecular flexibility index (Phi) is 11.9. The first kappa shape index (κ1) is 31.4. The van der Waals surface area contributed by atoms with Crippen LogP contribution in [0.25, 0.3) is 0 Å². The zero-order valence-corrected chi connectivity index (χ0v) is 24.7. The molecule has 0 saturated heterocycles. The Morgan fingerprint density at radius 1 is 1.13 bits per heavy atom. The lowest BCUT2D eigenvalue weighted by molar-refractivity contribution is -0.141. The van der Waals surface area contributed by atoms with E-state index in [4.69, 9.17) is 16.3 Å². The van der Waals surface area contributed by atoms with E-state index in [1.54, 1.807) is 30.2 Å². The third kappa shape index (κ3) is 9.20. The van der Waals surface area contributed by atoms with Crippen LogP contribution in [-0.2, 0) is 26.2 Å². The van der Waals surface area contributed by atoms with E-state index in [1.807, 2.05) is 52.0 Å². The van der Waals surface area contributed by atoms with E-state index in [2.05, 4.69) is 5.32 Å². The number of methoxy groups -OCH3 is 1. The van der Waals surface area contributed by atoms with Crippen molar-refractivity contribution in [3.63, 3.8) is 0 Å². The molecular formula is C28H40ClN3O5S. The highest BCUT2D eigenvalue weighted by Crippen LogP contribution is 2.27. The smallest absolute Gasteiger partial charge is 0.242 e. The number of sulfonamides is 1. The number of amides is 2. The van der Waals surface area contributed by atoms with Crippen LogP contribution in [0.5, 0.6) is 5.75 Å². The maximum absolute atomic E-state index is 13.6. The van der Waals surface area contributed by atoms with E-state index in [1.165, 1.54) is 4.31 Å². The number of hydrogen-bond donors (Lipinski definition) is 1. The van der Waals surface area contributed by atoms with Gasteiger partial charge in [-0.2, -0.15) is 0 Å². The molecular weight excluding hydrogens is 526 g/mol. The third-order valence-corrected chi connectivity index (χ3v) is 7.56. The number of halogens is 1. The van der Waals surface area contributed by atoms with Crippen LogP contribution in [0.3, 0.4) is 0 Å².